The molecule has 1 saturated carbocycles. The maximum absolute atomic E-state index is 11.5. The summed E-state index contributed by atoms with van der Waals surface area (Å²) in [6.07, 6.45) is 7.71. The predicted molar refractivity (Wildman–Crippen MR) is 70.3 cm³/mol. The first-order valence-corrected chi connectivity index (χ1v) is 6.91. The Morgan fingerprint density at radius 3 is 2.44 bits per heavy atom. The lowest BCUT2D eigenvalue weighted by Crippen LogP contribution is -2.32. The molecule has 1 aliphatic carbocycles. The fourth-order valence-electron chi connectivity index (χ4n) is 2.83. The lowest BCUT2D eigenvalue weighted by Gasteiger charge is -2.28. The van der Waals surface area contributed by atoms with E-state index in [4.69, 9.17) is 11.5 Å². The molecule has 2 amide bonds. The first kappa shape index (κ1) is 15.0. The summed E-state index contributed by atoms with van der Waals surface area (Å²) in [6, 6.07) is 0. The first-order chi connectivity index (χ1) is 8.65. The Hall–Kier alpha value is -1.10. The van der Waals surface area contributed by atoms with Gasteiger partial charge in [-0.15, -0.1) is 0 Å². The zero-order chi connectivity index (χ0) is 13.4. The number of carbonyl (C=O) groups excluding carboxylic acids is 2. The van der Waals surface area contributed by atoms with Gasteiger partial charge in [0.05, 0.1) is 6.67 Å². The van der Waals surface area contributed by atoms with Crippen LogP contribution >= 0.6 is 0 Å². The SMILES string of the molecule is NCNC(=O)CCCC(C(N)=O)C1CCCCC1. The third-order valence-electron chi connectivity index (χ3n) is 3.80. The van der Waals surface area contributed by atoms with Crippen molar-refractivity contribution in [1.82, 2.24) is 5.32 Å². The molecule has 0 aromatic rings. The van der Waals surface area contributed by atoms with Gasteiger partial charge in [0.15, 0.2) is 0 Å². The van der Waals surface area contributed by atoms with Crippen molar-refractivity contribution in [2.24, 2.45) is 23.3 Å². The van der Waals surface area contributed by atoms with Crippen molar-refractivity contribution in [2.45, 2.75) is 51.4 Å². The highest BCUT2D eigenvalue weighted by molar-refractivity contribution is 5.77. The monoisotopic (exact) mass is 255 g/mol. The molecular formula is C13H25N3O2. The number of primary amides is 1. The number of nitrogens with one attached hydrogen (secondary N) is 1. The van der Waals surface area contributed by atoms with E-state index < -0.39 is 0 Å². The fourth-order valence-corrected chi connectivity index (χ4v) is 2.83. The Bertz CT molecular complexity index is 275. The molecule has 1 fully saturated rings. The first-order valence-electron chi connectivity index (χ1n) is 6.91. The van der Waals surface area contributed by atoms with Gasteiger partial charge in [-0.25, -0.2) is 0 Å². The molecular weight excluding hydrogens is 230 g/mol. The van der Waals surface area contributed by atoms with Crippen molar-refractivity contribution >= 4 is 11.8 Å². The van der Waals surface area contributed by atoms with Crippen LogP contribution in [0.15, 0.2) is 0 Å². The summed E-state index contributed by atoms with van der Waals surface area (Å²) < 4.78 is 0. The summed E-state index contributed by atoms with van der Waals surface area (Å²) in [6.45, 7) is 0.167. The van der Waals surface area contributed by atoms with Crippen LogP contribution in [0.2, 0.25) is 0 Å². The Morgan fingerprint density at radius 2 is 1.89 bits per heavy atom. The van der Waals surface area contributed by atoms with Crippen LogP contribution in [0.1, 0.15) is 51.4 Å². The molecule has 0 heterocycles. The fraction of sp³-hybridized carbons (Fsp3) is 0.846. The normalized spacial score (nSPS) is 18.3. The number of amides is 2. The maximum atomic E-state index is 11.5. The summed E-state index contributed by atoms with van der Waals surface area (Å²) in [7, 11) is 0. The van der Waals surface area contributed by atoms with Crippen molar-refractivity contribution in [1.29, 1.82) is 0 Å². The van der Waals surface area contributed by atoms with E-state index in [1.807, 2.05) is 0 Å². The zero-order valence-corrected chi connectivity index (χ0v) is 11.0. The molecule has 104 valence electrons. The summed E-state index contributed by atoms with van der Waals surface area (Å²) in [5.41, 5.74) is 10.7. The van der Waals surface area contributed by atoms with E-state index in [1.165, 1.54) is 19.3 Å². The van der Waals surface area contributed by atoms with Crippen molar-refractivity contribution in [3.05, 3.63) is 0 Å². The molecule has 1 rings (SSSR count). The Morgan fingerprint density at radius 1 is 1.22 bits per heavy atom. The molecule has 1 unspecified atom stereocenters. The molecule has 0 aromatic carbocycles. The molecule has 5 nitrogen and oxygen atoms in total. The average Bonchev–Trinajstić information content (AvgIpc) is 2.35. The van der Waals surface area contributed by atoms with Crippen molar-refractivity contribution in [3.8, 4) is 0 Å². The summed E-state index contributed by atoms with van der Waals surface area (Å²) in [5.74, 6) is 0.107. The molecule has 0 radical (unpaired) electrons. The quantitative estimate of drug-likeness (QED) is 0.589. The van der Waals surface area contributed by atoms with Gasteiger partial charge in [-0.1, -0.05) is 19.3 Å². The third-order valence-corrected chi connectivity index (χ3v) is 3.80. The van der Waals surface area contributed by atoms with Gasteiger partial charge >= 0.3 is 0 Å². The minimum absolute atomic E-state index is 0.0515. The lowest BCUT2D eigenvalue weighted by atomic mass is 9.77. The van der Waals surface area contributed by atoms with Crippen molar-refractivity contribution < 1.29 is 9.59 Å². The minimum Gasteiger partial charge on any atom is -0.369 e. The zero-order valence-electron chi connectivity index (χ0n) is 11.0. The van der Waals surface area contributed by atoms with Crippen LogP contribution in [0.3, 0.4) is 0 Å². The van der Waals surface area contributed by atoms with Crippen LogP contribution in [0.25, 0.3) is 0 Å². The van der Waals surface area contributed by atoms with Crippen LogP contribution in [0.5, 0.6) is 0 Å². The highest BCUT2D eigenvalue weighted by Crippen LogP contribution is 2.32. The van der Waals surface area contributed by atoms with Crippen LogP contribution in [0.4, 0.5) is 0 Å². The largest absolute Gasteiger partial charge is 0.369 e. The van der Waals surface area contributed by atoms with Gasteiger partial charge < -0.3 is 16.8 Å². The van der Waals surface area contributed by atoms with E-state index in [0.29, 0.717) is 18.8 Å². The van der Waals surface area contributed by atoms with E-state index in [-0.39, 0.29) is 24.4 Å². The number of hydrogen-bond donors (Lipinski definition) is 3. The molecule has 0 aliphatic heterocycles. The Labute approximate surface area is 109 Å². The molecule has 1 aliphatic rings. The Balaban J connectivity index is 2.33. The number of rotatable bonds is 7. The van der Waals surface area contributed by atoms with Gasteiger partial charge in [0.2, 0.25) is 11.8 Å². The molecule has 5 N–H and O–H groups in total. The predicted octanol–water partition coefficient (Wildman–Crippen LogP) is 0.871. The minimum atomic E-state index is -0.207. The van der Waals surface area contributed by atoms with E-state index in [2.05, 4.69) is 5.32 Å². The Kier molecular flexibility index (Phi) is 6.72. The van der Waals surface area contributed by atoms with Crippen LogP contribution < -0.4 is 16.8 Å². The summed E-state index contributed by atoms with van der Waals surface area (Å²) >= 11 is 0. The number of nitrogens with two attached hydrogens (primary N) is 2. The summed E-state index contributed by atoms with van der Waals surface area (Å²) in [4.78, 5) is 22.8. The van der Waals surface area contributed by atoms with Crippen LogP contribution in [-0.4, -0.2) is 18.5 Å². The second kappa shape index (κ2) is 8.08. The number of hydrogen-bond acceptors (Lipinski definition) is 3. The highest BCUT2D eigenvalue weighted by Gasteiger charge is 2.27. The van der Waals surface area contributed by atoms with Crippen LogP contribution in [0, 0.1) is 11.8 Å². The van der Waals surface area contributed by atoms with E-state index in [9.17, 15) is 9.59 Å². The van der Waals surface area contributed by atoms with E-state index >= 15 is 0 Å². The van der Waals surface area contributed by atoms with Gasteiger partial charge in [-0.2, -0.15) is 0 Å². The topological polar surface area (TPSA) is 98.2 Å². The van der Waals surface area contributed by atoms with Gasteiger partial charge in [0, 0.05) is 12.3 Å². The highest BCUT2D eigenvalue weighted by atomic mass is 16.2. The van der Waals surface area contributed by atoms with Crippen molar-refractivity contribution in [2.75, 3.05) is 6.67 Å². The second-order valence-electron chi connectivity index (χ2n) is 5.10. The van der Waals surface area contributed by atoms with E-state index in [0.717, 1.165) is 19.3 Å². The molecule has 0 bridgehead atoms. The average molecular weight is 255 g/mol. The molecule has 0 saturated heterocycles. The second-order valence-corrected chi connectivity index (χ2v) is 5.10. The standard InChI is InChI=1S/C13H25N3O2/c14-9-16-12(17)8-4-7-11(13(15)18)10-5-2-1-3-6-10/h10-11H,1-9,14H2,(H2,15,18)(H,16,17). The molecule has 0 aromatic heterocycles. The maximum Gasteiger partial charge on any atom is 0.220 e. The van der Waals surface area contributed by atoms with Crippen molar-refractivity contribution in [3.63, 3.8) is 0 Å². The smallest absolute Gasteiger partial charge is 0.220 e. The molecule has 1 atom stereocenters. The van der Waals surface area contributed by atoms with Crippen LogP contribution in [-0.2, 0) is 9.59 Å². The molecule has 0 spiro atoms. The lowest BCUT2D eigenvalue weighted by molar-refractivity contribution is -0.125. The third kappa shape index (κ3) is 5.04. The number of carbonyl (C=O) groups is 2. The van der Waals surface area contributed by atoms with Gasteiger partial charge in [-0.05, 0) is 31.6 Å². The van der Waals surface area contributed by atoms with Gasteiger partial charge in [-0.3, -0.25) is 9.59 Å². The van der Waals surface area contributed by atoms with E-state index in [1.54, 1.807) is 0 Å². The molecule has 5 heteroatoms. The molecule has 18 heavy (non-hydrogen) atoms. The van der Waals surface area contributed by atoms with Gasteiger partial charge in [0.25, 0.3) is 0 Å². The van der Waals surface area contributed by atoms with Gasteiger partial charge in [0.1, 0.15) is 0 Å². The summed E-state index contributed by atoms with van der Waals surface area (Å²) in [5, 5.41) is 2.55.